The number of hydrogen-bond donors (Lipinski definition) is 1. The van der Waals surface area contributed by atoms with E-state index in [4.69, 9.17) is 0 Å². The fraction of sp³-hybridized carbons (Fsp3) is 0.636. The Morgan fingerprint density at radius 1 is 1.56 bits per heavy atom. The predicted molar refractivity (Wildman–Crippen MR) is 66.4 cm³/mol. The summed E-state index contributed by atoms with van der Waals surface area (Å²) in [6.07, 6.45) is 3.61. The van der Waals surface area contributed by atoms with Gasteiger partial charge < -0.3 is 9.88 Å². The number of carbonyl (C=O) groups is 1. The van der Waals surface area contributed by atoms with Crippen molar-refractivity contribution in [3.05, 3.63) is 12.4 Å². The van der Waals surface area contributed by atoms with Crippen LogP contribution in [0.4, 0.5) is 0 Å². The van der Waals surface area contributed by atoms with E-state index in [1.54, 1.807) is 6.20 Å². The minimum absolute atomic E-state index is 0.0710. The zero-order valence-electron chi connectivity index (χ0n) is 10.2. The van der Waals surface area contributed by atoms with E-state index < -0.39 is 0 Å². The largest absolute Gasteiger partial charge is 0.355 e. The van der Waals surface area contributed by atoms with Crippen molar-refractivity contribution >= 4 is 17.7 Å². The molecule has 5 heteroatoms. The lowest BCUT2D eigenvalue weighted by atomic mass is 10.2. The molecular weight excluding hydrogens is 222 g/mol. The molecule has 1 aromatic heterocycles. The average molecular weight is 241 g/mol. The van der Waals surface area contributed by atoms with Crippen molar-refractivity contribution in [1.82, 2.24) is 14.9 Å². The van der Waals surface area contributed by atoms with Crippen LogP contribution in [-0.2, 0) is 11.8 Å². The molecule has 0 aliphatic rings. The normalized spacial score (nSPS) is 12.8. The van der Waals surface area contributed by atoms with Gasteiger partial charge in [0.15, 0.2) is 5.16 Å². The Bertz CT molecular complexity index is 349. The predicted octanol–water partition coefficient (Wildman–Crippen LogP) is 1.67. The molecule has 0 aromatic carbocycles. The summed E-state index contributed by atoms with van der Waals surface area (Å²) in [5.41, 5.74) is 0. The Morgan fingerprint density at radius 3 is 2.75 bits per heavy atom. The highest BCUT2D eigenvalue weighted by Crippen LogP contribution is 2.20. The first kappa shape index (κ1) is 13.1. The number of nitrogens with one attached hydrogen (secondary N) is 1. The van der Waals surface area contributed by atoms with Crippen molar-refractivity contribution in [2.75, 3.05) is 6.54 Å². The molecule has 4 nitrogen and oxygen atoms in total. The van der Waals surface area contributed by atoms with Gasteiger partial charge >= 0.3 is 0 Å². The van der Waals surface area contributed by atoms with Gasteiger partial charge in [-0.1, -0.05) is 25.6 Å². The highest BCUT2D eigenvalue weighted by atomic mass is 32.2. The molecule has 1 rings (SSSR count). The summed E-state index contributed by atoms with van der Waals surface area (Å²) < 4.78 is 1.91. The van der Waals surface area contributed by atoms with Crippen LogP contribution in [0.1, 0.15) is 20.8 Å². The van der Waals surface area contributed by atoms with E-state index in [2.05, 4.69) is 24.1 Å². The summed E-state index contributed by atoms with van der Waals surface area (Å²) in [7, 11) is 1.92. The van der Waals surface area contributed by atoms with Crippen LogP contribution >= 0.6 is 11.8 Å². The smallest absolute Gasteiger partial charge is 0.233 e. The monoisotopic (exact) mass is 241 g/mol. The molecule has 90 valence electrons. The Balaban J connectivity index is 2.43. The van der Waals surface area contributed by atoms with Crippen molar-refractivity contribution < 1.29 is 4.79 Å². The summed E-state index contributed by atoms with van der Waals surface area (Å²) >= 11 is 1.48. The fourth-order valence-electron chi connectivity index (χ4n) is 1.13. The molecule has 0 saturated heterocycles. The third-order valence-corrected chi connectivity index (χ3v) is 3.28. The Morgan fingerprint density at radius 2 is 2.25 bits per heavy atom. The van der Waals surface area contributed by atoms with Crippen LogP contribution in [0.15, 0.2) is 17.6 Å². The number of nitrogens with zero attached hydrogens (tertiary/aromatic N) is 2. The van der Waals surface area contributed by atoms with E-state index >= 15 is 0 Å². The van der Waals surface area contributed by atoms with Gasteiger partial charge in [0.1, 0.15) is 0 Å². The van der Waals surface area contributed by atoms with E-state index in [0.717, 1.165) is 11.7 Å². The quantitative estimate of drug-likeness (QED) is 0.798. The van der Waals surface area contributed by atoms with Gasteiger partial charge in [0.25, 0.3) is 0 Å². The van der Waals surface area contributed by atoms with E-state index in [0.29, 0.717) is 5.92 Å². The van der Waals surface area contributed by atoms with E-state index in [1.807, 2.05) is 24.7 Å². The number of aryl methyl sites for hydroxylation is 1. The van der Waals surface area contributed by atoms with E-state index in [9.17, 15) is 4.79 Å². The topological polar surface area (TPSA) is 46.9 Å². The third-order valence-electron chi connectivity index (χ3n) is 2.11. The van der Waals surface area contributed by atoms with Crippen molar-refractivity contribution in [2.24, 2.45) is 13.0 Å². The maximum atomic E-state index is 11.7. The fourth-order valence-corrected chi connectivity index (χ4v) is 1.98. The second-order valence-corrected chi connectivity index (χ2v) is 5.53. The molecule has 1 aromatic rings. The molecule has 0 aliphatic heterocycles. The lowest BCUT2D eigenvalue weighted by Gasteiger charge is -2.12. The highest BCUT2D eigenvalue weighted by Gasteiger charge is 2.16. The van der Waals surface area contributed by atoms with Crippen LogP contribution < -0.4 is 5.32 Å². The minimum atomic E-state index is -0.111. The highest BCUT2D eigenvalue weighted by molar-refractivity contribution is 8.00. The molecule has 0 radical (unpaired) electrons. The molecule has 1 atom stereocenters. The van der Waals surface area contributed by atoms with Gasteiger partial charge in [0, 0.05) is 26.0 Å². The molecule has 0 saturated carbocycles. The van der Waals surface area contributed by atoms with Crippen molar-refractivity contribution in [1.29, 1.82) is 0 Å². The average Bonchev–Trinajstić information content (AvgIpc) is 2.60. The molecule has 1 N–H and O–H groups in total. The molecule has 0 bridgehead atoms. The molecule has 1 amide bonds. The number of thioether (sulfide) groups is 1. The summed E-state index contributed by atoms with van der Waals surface area (Å²) in [5, 5.41) is 3.67. The number of hydrogen-bond acceptors (Lipinski definition) is 3. The Kier molecular flexibility index (Phi) is 4.86. The lowest BCUT2D eigenvalue weighted by Crippen LogP contribution is -2.33. The number of aromatic nitrogens is 2. The van der Waals surface area contributed by atoms with Crippen LogP contribution in [0.5, 0.6) is 0 Å². The number of imidazole rings is 1. The summed E-state index contributed by atoms with van der Waals surface area (Å²) in [4.78, 5) is 15.9. The molecule has 0 fully saturated rings. The molecular formula is C11H19N3OS. The second-order valence-electron chi connectivity index (χ2n) is 4.22. The second kappa shape index (κ2) is 5.94. The lowest BCUT2D eigenvalue weighted by molar-refractivity contribution is -0.120. The van der Waals surface area contributed by atoms with Crippen molar-refractivity contribution in [2.45, 2.75) is 31.2 Å². The first-order valence-corrected chi connectivity index (χ1v) is 6.30. The number of amides is 1. The number of carbonyl (C=O) groups excluding carboxylic acids is 1. The molecule has 1 unspecified atom stereocenters. The summed E-state index contributed by atoms with van der Waals surface area (Å²) in [5.74, 6) is 0.552. The maximum Gasteiger partial charge on any atom is 0.233 e. The van der Waals surface area contributed by atoms with Crippen molar-refractivity contribution in [3.8, 4) is 0 Å². The first-order chi connectivity index (χ1) is 7.50. The van der Waals surface area contributed by atoms with Crippen LogP contribution in [0.25, 0.3) is 0 Å². The van der Waals surface area contributed by atoms with Gasteiger partial charge in [-0.05, 0) is 12.8 Å². The molecule has 0 spiro atoms. The van der Waals surface area contributed by atoms with Gasteiger partial charge in [-0.25, -0.2) is 4.98 Å². The van der Waals surface area contributed by atoms with Gasteiger partial charge in [0.05, 0.1) is 5.25 Å². The number of rotatable bonds is 5. The maximum absolute atomic E-state index is 11.7. The van der Waals surface area contributed by atoms with Crippen LogP contribution in [-0.4, -0.2) is 27.3 Å². The van der Waals surface area contributed by atoms with Crippen LogP contribution in [0.2, 0.25) is 0 Å². The van der Waals surface area contributed by atoms with Crippen molar-refractivity contribution in [3.63, 3.8) is 0 Å². The SMILES string of the molecule is CC(C)CNC(=O)C(C)Sc1nccn1C. The van der Waals surface area contributed by atoms with Crippen LogP contribution in [0.3, 0.4) is 0 Å². The molecule has 0 aliphatic carbocycles. The van der Waals surface area contributed by atoms with E-state index in [1.165, 1.54) is 11.8 Å². The Labute approximate surface area is 101 Å². The third kappa shape index (κ3) is 3.89. The zero-order valence-corrected chi connectivity index (χ0v) is 11.0. The molecule has 16 heavy (non-hydrogen) atoms. The summed E-state index contributed by atoms with van der Waals surface area (Å²) in [6, 6.07) is 0. The standard InChI is InChI=1S/C11H19N3OS/c1-8(2)7-13-10(15)9(3)16-11-12-5-6-14(11)4/h5-6,8-9H,7H2,1-4H3,(H,13,15). The van der Waals surface area contributed by atoms with Gasteiger partial charge in [-0.2, -0.15) is 0 Å². The van der Waals surface area contributed by atoms with E-state index in [-0.39, 0.29) is 11.2 Å². The molecule has 1 heterocycles. The van der Waals surface area contributed by atoms with Gasteiger partial charge in [-0.3, -0.25) is 4.79 Å². The first-order valence-electron chi connectivity index (χ1n) is 5.42. The minimum Gasteiger partial charge on any atom is -0.355 e. The Hall–Kier alpha value is -0.970. The van der Waals surface area contributed by atoms with Gasteiger partial charge in [0.2, 0.25) is 5.91 Å². The zero-order chi connectivity index (χ0) is 12.1. The van der Waals surface area contributed by atoms with Crippen LogP contribution in [0, 0.1) is 5.92 Å². The van der Waals surface area contributed by atoms with Gasteiger partial charge in [-0.15, -0.1) is 0 Å². The summed E-state index contributed by atoms with van der Waals surface area (Å²) in [6.45, 7) is 6.78.